The van der Waals surface area contributed by atoms with Crippen LogP contribution in [0.1, 0.15) is 18.9 Å². The van der Waals surface area contributed by atoms with Crippen molar-refractivity contribution in [3.63, 3.8) is 0 Å². The predicted molar refractivity (Wildman–Crippen MR) is 80.9 cm³/mol. The van der Waals surface area contributed by atoms with E-state index >= 15 is 0 Å². The van der Waals surface area contributed by atoms with Crippen molar-refractivity contribution >= 4 is 5.91 Å². The molecule has 1 amide bonds. The van der Waals surface area contributed by atoms with Gasteiger partial charge >= 0.3 is 0 Å². The predicted octanol–water partition coefficient (Wildman–Crippen LogP) is 1.14. The van der Waals surface area contributed by atoms with Gasteiger partial charge in [-0.2, -0.15) is 0 Å². The van der Waals surface area contributed by atoms with Crippen LogP contribution in [0.15, 0.2) is 18.2 Å². The Morgan fingerprint density at radius 3 is 3.00 bits per heavy atom. The molecule has 1 N–H and O–H groups in total. The van der Waals surface area contributed by atoms with Crippen LogP contribution in [0, 0.1) is 0 Å². The summed E-state index contributed by atoms with van der Waals surface area (Å²) in [5, 5.41) is 3.25. The molecule has 6 nitrogen and oxygen atoms in total. The molecule has 0 radical (unpaired) electrons. The molecule has 22 heavy (non-hydrogen) atoms. The SMILES string of the molecule is CCN(Cc1ccc2c(c1)OCO2)C(=O)CC1CNCCO1. The molecule has 1 unspecified atom stereocenters. The number of fused-ring (bicyclic) bond motifs is 1. The first-order valence-electron chi connectivity index (χ1n) is 7.75. The lowest BCUT2D eigenvalue weighted by molar-refractivity contribution is -0.135. The second-order valence-corrected chi connectivity index (χ2v) is 5.50. The lowest BCUT2D eigenvalue weighted by Crippen LogP contribution is -2.42. The highest BCUT2D eigenvalue weighted by Gasteiger charge is 2.21. The van der Waals surface area contributed by atoms with Gasteiger partial charge in [-0.25, -0.2) is 0 Å². The molecule has 3 rings (SSSR count). The van der Waals surface area contributed by atoms with Crippen LogP contribution in [-0.2, 0) is 16.1 Å². The van der Waals surface area contributed by atoms with Gasteiger partial charge in [0.1, 0.15) is 0 Å². The van der Waals surface area contributed by atoms with Gasteiger partial charge in [-0.05, 0) is 24.6 Å². The number of ether oxygens (including phenoxy) is 3. The van der Waals surface area contributed by atoms with Crippen molar-refractivity contribution < 1.29 is 19.0 Å². The molecule has 1 aromatic rings. The second-order valence-electron chi connectivity index (χ2n) is 5.50. The normalized spacial score (nSPS) is 20.0. The highest BCUT2D eigenvalue weighted by molar-refractivity contribution is 5.76. The van der Waals surface area contributed by atoms with Crippen molar-refractivity contribution in [2.24, 2.45) is 0 Å². The third-order valence-corrected chi connectivity index (χ3v) is 3.95. The van der Waals surface area contributed by atoms with Gasteiger partial charge in [0.05, 0.1) is 19.1 Å². The molecule has 0 spiro atoms. The zero-order chi connectivity index (χ0) is 15.4. The van der Waals surface area contributed by atoms with Crippen LogP contribution in [-0.4, -0.2) is 49.9 Å². The summed E-state index contributed by atoms with van der Waals surface area (Å²) in [5.74, 6) is 1.63. The van der Waals surface area contributed by atoms with Crippen molar-refractivity contribution in [3.8, 4) is 11.5 Å². The van der Waals surface area contributed by atoms with Gasteiger partial charge in [-0.15, -0.1) is 0 Å². The van der Waals surface area contributed by atoms with Gasteiger partial charge in [0.25, 0.3) is 0 Å². The summed E-state index contributed by atoms with van der Waals surface area (Å²) < 4.78 is 16.3. The number of rotatable bonds is 5. The van der Waals surface area contributed by atoms with E-state index in [0.29, 0.717) is 26.1 Å². The van der Waals surface area contributed by atoms with Crippen LogP contribution >= 0.6 is 0 Å². The third-order valence-electron chi connectivity index (χ3n) is 3.95. The molecule has 0 saturated carbocycles. The first kappa shape index (κ1) is 15.1. The van der Waals surface area contributed by atoms with E-state index in [-0.39, 0.29) is 18.8 Å². The highest BCUT2D eigenvalue weighted by atomic mass is 16.7. The average Bonchev–Trinajstić information content (AvgIpc) is 3.01. The van der Waals surface area contributed by atoms with E-state index in [1.807, 2.05) is 30.0 Å². The standard InChI is InChI=1S/C16H22N2O4/c1-2-18(16(19)8-13-9-17-5-6-20-13)10-12-3-4-14-15(7-12)22-11-21-14/h3-4,7,13,17H,2,5-6,8-11H2,1H3. The minimum Gasteiger partial charge on any atom is -0.454 e. The molecular weight excluding hydrogens is 284 g/mol. The molecule has 2 aliphatic rings. The maximum atomic E-state index is 12.4. The molecule has 2 aliphatic heterocycles. The molecule has 1 aromatic carbocycles. The number of carbonyl (C=O) groups is 1. The Balaban J connectivity index is 1.59. The maximum Gasteiger partial charge on any atom is 0.231 e. The van der Waals surface area contributed by atoms with Crippen LogP contribution in [0.3, 0.4) is 0 Å². The fraction of sp³-hybridized carbons (Fsp3) is 0.562. The Hall–Kier alpha value is -1.79. The number of hydrogen-bond donors (Lipinski definition) is 1. The minimum atomic E-state index is -0.0212. The summed E-state index contributed by atoms with van der Waals surface area (Å²) in [6, 6.07) is 5.81. The Morgan fingerprint density at radius 1 is 1.36 bits per heavy atom. The smallest absolute Gasteiger partial charge is 0.231 e. The number of hydrogen-bond acceptors (Lipinski definition) is 5. The number of carbonyl (C=O) groups excluding carboxylic acids is 1. The Bertz CT molecular complexity index is 529. The fourth-order valence-corrected chi connectivity index (χ4v) is 2.71. The monoisotopic (exact) mass is 306 g/mol. The van der Waals surface area contributed by atoms with Gasteiger partial charge in [0.2, 0.25) is 12.7 Å². The Labute approximate surface area is 130 Å². The van der Waals surface area contributed by atoms with Crippen LogP contribution in [0.2, 0.25) is 0 Å². The van der Waals surface area contributed by atoms with Crippen molar-refractivity contribution in [3.05, 3.63) is 23.8 Å². The lowest BCUT2D eigenvalue weighted by Gasteiger charge is -2.27. The van der Waals surface area contributed by atoms with Crippen LogP contribution < -0.4 is 14.8 Å². The van der Waals surface area contributed by atoms with Crippen molar-refractivity contribution in [2.75, 3.05) is 33.0 Å². The number of nitrogens with one attached hydrogen (secondary N) is 1. The molecule has 2 heterocycles. The maximum absolute atomic E-state index is 12.4. The summed E-state index contributed by atoms with van der Waals surface area (Å²) in [6.45, 7) is 5.78. The quantitative estimate of drug-likeness (QED) is 0.884. The highest BCUT2D eigenvalue weighted by Crippen LogP contribution is 2.32. The number of benzene rings is 1. The van der Waals surface area contributed by atoms with Crippen LogP contribution in [0.25, 0.3) is 0 Å². The van der Waals surface area contributed by atoms with Crippen LogP contribution in [0.4, 0.5) is 0 Å². The molecule has 120 valence electrons. The summed E-state index contributed by atoms with van der Waals surface area (Å²) in [6.07, 6.45) is 0.401. The Morgan fingerprint density at radius 2 is 2.23 bits per heavy atom. The first-order valence-corrected chi connectivity index (χ1v) is 7.75. The van der Waals surface area contributed by atoms with E-state index in [4.69, 9.17) is 14.2 Å². The molecular formula is C16H22N2O4. The van der Waals surface area contributed by atoms with Crippen molar-refractivity contribution in [2.45, 2.75) is 26.0 Å². The van der Waals surface area contributed by atoms with Gasteiger partial charge in [-0.3, -0.25) is 4.79 Å². The van der Waals surface area contributed by atoms with Crippen LogP contribution in [0.5, 0.6) is 11.5 Å². The van der Waals surface area contributed by atoms with Gasteiger partial charge < -0.3 is 24.4 Å². The molecule has 6 heteroatoms. The second kappa shape index (κ2) is 6.98. The van der Waals surface area contributed by atoms with Crippen molar-refractivity contribution in [1.82, 2.24) is 10.2 Å². The number of amides is 1. The minimum absolute atomic E-state index is 0.0212. The van der Waals surface area contributed by atoms with E-state index in [1.165, 1.54) is 0 Å². The molecule has 1 atom stereocenters. The molecule has 0 aromatic heterocycles. The van der Waals surface area contributed by atoms with Crippen molar-refractivity contribution in [1.29, 1.82) is 0 Å². The van der Waals surface area contributed by atoms with Gasteiger partial charge in [0, 0.05) is 26.2 Å². The topological polar surface area (TPSA) is 60.0 Å². The van der Waals surface area contributed by atoms with E-state index in [0.717, 1.165) is 30.2 Å². The van der Waals surface area contributed by atoms with Gasteiger partial charge in [-0.1, -0.05) is 6.07 Å². The summed E-state index contributed by atoms with van der Waals surface area (Å²) >= 11 is 0. The Kier molecular flexibility index (Phi) is 4.80. The number of morpholine rings is 1. The molecule has 1 saturated heterocycles. The van der Waals surface area contributed by atoms with E-state index < -0.39 is 0 Å². The molecule has 1 fully saturated rings. The molecule has 0 bridgehead atoms. The van der Waals surface area contributed by atoms with E-state index in [2.05, 4.69) is 5.32 Å². The first-order chi connectivity index (χ1) is 10.8. The van der Waals surface area contributed by atoms with E-state index in [1.54, 1.807) is 0 Å². The summed E-state index contributed by atoms with van der Waals surface area (Å²) in [4.78, 5) is 14.3. The fourth-order valence-electron chi connectivity index (χ4n) is 2.71. The average molecular weight is 306 g/mol. The van der Waals surface area contributed by atoms with E-state index in [9.17, 15) is 4.79 Å². The molecule has 0 aliphatic carbocycles. The summed E-state index contributed by atoms with van der Waals surface area (Å²) in [7, 11) is 0. The van der Waals surface area contributed by atoms with Gasteiger partial charge in [0.15, 0.2) is 11.5 Å². The summed E-state index contributed by atoms with van der Waals surface area (Å²) in [5.41, 5.74) is 1.04. The zero-order valence-electron chi connectivity index (χ0n) is 12.8. The zero-order valence-corrected chi connectivity index (χ0v) is 12.8. The largest absolute Gasteiger partial charge is 0.454 e. The third kappa shape index (κ3) is 3.51. The number of nitrogens with zero attached hydrogens (tertiary/aromatic N) is 1. The lowest BCUT2D eigenvalue weighted by atomic mass is 10.1.